The summed E-state index contributed by atoms with van der Waals surface area (Å²) in [6.45, 7) is 3.85. The summed E-state index contributed by atoms with van der Waals surface area (Å²) in [6, 6.07) is 2.24. The van der Waals surface area contributed by atoms with Crippen LogP contribution in [-0.4, -0.2) is 35.2 Å². The number of pyridine rings is 2. The number of fused-ring (bicyclic) bond motifs is 1. The molecule has 0 unspecified atom stereocenters. The largest absolute Gasteiger partial charge is 0.433 e. The lowest BCUT2D eigenvalue weighted by molar-refractivity contribution is -0.141. The van der Waals surface area contributed by atoms with Crippen molar-refractivity contribution in [3.05, 3.63) is 63.7 Å². The van der Waals surface area contributed by atoms with Crippen molar-refractivity contribution in [2.45, 2.75) is 26.6 Å². The Morgan fingerprint density at radius 1 is 1.22 bits per heavy atom. The summed E-state index contributed by atoms with van der Waals surface area (Å²) in [5, 5.41) is 7.35. The van der Waals surface area contributed by atoms with Gasteiger partial charge in [0.25, 0.3) is 5.91 Å². The molecule has 1 N–H and O–H groups in total. The van der Waals surface area contributed by atoms with E-state index in [0.29, 0.717) is 28.1 Å². The van der Waals surface area contributed by atoms with E-state index in [4.69, 9.17) is 0 Å². The smallest absolute Gasteiger partial charge is 0.336 e. The van der Waals surface area contributed by atoms with Crippen molar-refractivity contribution in [2.24, 2.45) is 7.05 Å². The Bertz CT molecular complexity index is 1340. The Morgan fingerprint density at radius 2 is 1.97 bits per heavy atom. The summed E-state index contributed by atoms with van der Waals surface area (Å²) in [5.41, 5.74) is 0.0415. The van der Waals surface area contributed by atoms with Crippen LogP contribution in [0.2, 0.25) is 0 Å². The highest BCUT2D eigenvalue weighted by molar-refractivity contribution is 9.10. The molecule has 0 aromatic carbocycles. The Labute approximate surface area is 188 Å². The number of carbonyl (C=O) groups excluding carboxylic acids is 1. The van der Waals surface area contributed by atoms with Gasteiger partial charge < -0.3 is 9.88 Å². The lowest BCUT2D eigenvalue weighted by Crippen LogP contribution is -2.17. The van der Waals surface area contributed by atoms with Crippen LogP contribution in [0, 0.1) is 13.8 Å². The van der Waals surface area contributed by atoms with Gasteiger partial charge in [0.15, 0.2) is 5.65 Å². The topological polar surface area (TPSA) is 90.5 Å². The first kappa shape index (κ1) is 21.9. The highest BCUT2D eigenvalue weighted by Gasteiger charge is 2.34. The van der Waals surface area contributed by atoms with Gasteiger partial charge in [-0.1, -0.05) is 0 Å². The average Bonchev–Trinajstić information content (AvgIpc) is 3.24. The first-order valence-corrected chi connectivity index (χ1v) is 10.2. The predicted octanol–water partition coefficient (Wildman–Crippen LogP) is 4.26. The lowest BCUT2D eigenvalue weighted by atomic mass is 10.1. The molecule has 0 saturated carbocycles. The van der Waals surface area contributed by atoms with E-state index in [1.165, 1.54) is 12.3 Å². The normalized spacial score (nSPS) is 11.8. The van der Waals surface area contributed by atoms with E-state index in [9.17, 15) is 18.0 Å². The second-order valence-corrected chi connectivity index (χ2v) is 8.11. The van der Waals surface area contributed by atoms with Crippen molar-refractivity contribution < 1.29 is 18.0 Å². The molecule has 0 bridgehead atoms. The number of nitrogens with one attached hydrogen (secondary N) is 1. The molecule has 8 nitrogen and oxygen atoms in total. The number of anilines is 1. The van der Waals surface area contributed by atoms with Gasteiger partial charge in [-0.3, -0.25) is 9.48 Å². The standard InChI is InChI=1S/C20H17BrF3N7O/c1-10-17(11(2)31(29-10)9-16-25-4-5-30(16)3)28-19(32)14-7-15(20(22,23)24)27-18-13(14)6-12(21)8-26-18/h4-8H,9H2,1-3H3,(H,28,32). The number of aromatic nitrogens is 6. The van der Waals surface area contributed by atoms with E-state index >= 15 is 0 Å². The quantitative estimate of drug-likeness (QED) is 0.445. The van der Waals surface area contributed by atoms with E-state index in [0.717, 1.165) is 11.9 Å². The van der Waals surface area contributed by atoms with Crippen LogP contribution in [0.5, 0.6) is 0 Å². The number of carbonyl (C=O) groups is 1. The van der Waals surface area contributed by atoms with Crippen molar-refractivity contribution in [2.75, 3.05) is 5.32 Å². The zero-order chi connectivity index (χ0) is 23.2. The van der Waals surface area contributed by atoms with Crippen LogP contribution in [0.25, 0.3) is 11.0 Å². The molecule has 4 heterocycles. The van der Waals surface area contributed by atoms with Gasteiger partial charge >= 0.3 is 6.18 Å². The number of hydrogen-bond donors (Lipinski definition) is 1. The zero-order valence-corrected chi connectivity index (χ0v) is 18.8. The number of rotatable bonds is 4. The van der Waals surface area contributed by atoms with Gasteiger partial charge in [0, 0.05) is 35.5 Å². The van der Waals surface area contributed by atoms with Crippen molar-refractivity contribution in [3.63, 3.8) is 0 Å². The number of hydrogen-bond acceptors (Lipinski definition) is 5. The molecule has 0 radical (unpaired) electrons. The molecule has 4 aromatic rings. The lowest BCUT2D eigenvalue weighted by Gasteiger charge is -2.12. The maximum Gasteiger partial charge on any atom is 0.433 e. The van der Waals surface area contributed by atoms with Crippen LogP contribution in [0.4, 0.5) is 18.9 Å². The molecule has 4 rings (SSSR count). The molecule has 0 aliphatic rings. The van der Waals surface area contributed by atoms with Crippen LogP contribution in [0.15, 0.2) is 35.2 Å². The molecule has 0 atom stereocenters. The summed E-state index contributed by atoms with van der Waals surface area (Å²) in [4.78, 5) is 24.9. The maximum absolute atomic E-state index is 13.4. The fourth-order valence-corrected chi connectivity index (χ4v) is 3.64. The third kappa shape index (κ3) is 4.09. The van der Waals surface area contributed by atoms with Gasteiger partial charge in [-0.25, -0.2) is 15.0 Å². The Balaban J connectivity index is 1.73. The molecule has 0 aliphatic heterocycles. The molecule has 0 saturated heterocycles. The predicted molar refractivity (Wildman–Crippen MR) is 114 cm³/mol. The second kappa shape index (κ2) is 8.01. The minimum atomic E-state index is -4.73. The molecule has 4 aromatic heterocycles. The summed E-state index contributed by atoms with van der Waals surface area (Å²) in [5.74, 6) is 0.0462. The summed E-state index contributed by atoms with van der Waals surface area (Å²) < 4.78 is 44.1. The van der Waals surface area contributed by atoms with Crippen molar-refractivity contribution in [3.8, 4) is 0 Å². The fourth-order valence-electron chi connectivity index (χ4n) is 3.31. The van der Waals surface area contributed by atoms with Gasteiger partial charge in [-0.15, -0.1) is 0 Å². The van der Waals surface area contributed by atoms with Crippen molar-refractivity contribution in [1.82, 2.24) is 29.3 Å². The van der Waals surface area contributed by atoms with Crippen LogP contribution in [-0.2, 0) is 19.8 Å². The fraction of sp³-hybridized carbons (Fsp3) is 0.250. The monoisotopic (exact) mass is 507 g/mol. The van der Waals surface area contributed by atoms with E-state index in [-0.39, 0.29) is 16.6 Å². The second-order valence-electron chi connectivity index (χ2n) is 7.19. The minimum absolute atomic E-state index is 0.174. The molecule has 0 spiro atoms. The molecule has 12 heteroatoms. The van der Waals surface area contributed by atoms with Crippen molar-refractivity contribution >= 4 is 38.6 Å². The van der Waals surface area contributed by atoms with Gasteiger partial charge in [-0.2, -0.15) is 18.3 Å². The first-order valence-electron chi connectivity index (χ1n) is 9.39. The third-order valence-corrected chi connectivity index (χ3v) is 5.43. The Morgan fingerprint density at radius 3 is 2.62 bits per heavy atom. The van der Waals surface area contributed by atoms with E-state index in [2.05, 4.69) is 41.3 Å². The van der Waals surface area contributed by atoms with E-state index in [1.54, 1.807) is 24.7 Å². The van der Waals surface area contributed by atoms with Crippen LogP contribution < -0.4 is 5.32 Å². The number of imidazole rings is 1. The van der Waals surface area contributed by atoms with E-state index in [1.807, 2.05) is 17.8 Å². The molecule has 32 heavy (non-hydrogen) atoms. The number of aryl methyl sites for hydroxylation is 2. The van der Waals surface area contributed by atoms with Gasteiger partial charge in [0.2, 0.25) is 0 Å². The summed E-state index contributed by atoms with van der Waals surface area (Å²) in [7, 11) is 1.86. The average molecular weight is 508 g/mol. The maximum atomic E-state index is 13.4. The molecular formula is C20H17BrF3N7O. The Hall–Kier alpha value is -3.28. The summed E-state index contributed by atoms with van der Waals surface area (Å²) >= 11 is 3.24. The van der Waals surface area contributed by atoms with Gasteiger partial charge in [0.1, 0.15) is 11.5 Å². The molecule has 0 fully saturated rings. The highest BCUT2D eigenvalue weighted by Crippen LogP contribution is 2.32. The zero-order valence-electron chi connectivity index (χ0n) is 17.2. The number of amides is 1. The Kier molecular flexibility index (Phi) is 5.49. The van der Waals surface area contributed by atoms with Crippen molar-refractivity contribution in [1.29, 1.82) is 0 Å². The van der Waals surface area contributed by atoms with Gasteiger partial charge in [-0.05, 0) is 41.9 Å². The van der Waals surface area contributed by atoms with Crippen LogP contribution in [0.3, 0.4) is 0 Å². The van der Waals surface area contributed by atoms with Gasteiger partial charge in [0.05, 0.1) is 29.2 Å². The number of nitrogens with zero attached hydrogens (tertiary/aromatic N) is 6. The molecular weight excluding hydrogens is 491 g/mol. The first-order chi connectivity index (χ1) is 15.0. The highest BCUT2D eigenvalue weighted by atomic mass is 79.9. The van der Waals surface area contributed by atoms with E-state index < -0.39 is 17.8 Å². The van der Waals surface area contributed by atoms with Crippen LogP contribution in [0.1, 0.15) is 33.3 Å². The summed E-state index contributed by atoms with van der Waals surface area (Å²) in [6.07, 6.45) is 0.0786. The molecule has 1 amide bonds. The minimum Gasteiger partial charge on any atom is -0.336 e. The third-order valence-electron chi connectivity index (χ3n) is 5.00. The van der Waals surface area contributed by atoms with Crippen LogP contribution >= 0.6 is 15.9 Å². The number of halogens is 4. The number of alkyl halides is 3. The SMILES string of the molecule is Cc1nn(Cc2nccn2C)c(C)c1NC(=O)c1cc(C(F)(F)F)nc2ncc(Br)cc12. The molecule has 0 aliphatic carbocycles. The molecule has 166 valence electrons.